The van der Waals surface area contributed by atoms with E-state index in [0.29, 0.717) is 24.0 Å². The SMILES string of the molecule is O=Cc1ccc(-c2ccc3c(c2)CCO3)c(F)c1. The van der Waals surface area contributed by atoms with Crippen LogP contribution < -0.4 is 4.74 Å². The minimum atomic E-state index is -0.376. The largest absolute Gasteiger partial charge is 0.493 e. The van der Waals surface area contributed by atoms with Gasteiger partial charge in [0.05, 0.1) is 6.61 Å². The van der Waals surface area contributed by atoms with Crippen molar-refractivity contribution in [2.24, 2.45) is 0 Å². The first-order chi connectivity index (χ1) is 8.78. The van der Waals surface area contributed by atoms with Crippen LogP contribution in [0.25, 0.3) is 11.1 Å². The highest BCUT2D eigenvalue weighted by Crippen LogP contribution is 2.31. The molecule has 3 heteroatoms. The second-order valence-corrected chi connectivity index (χ2v) is 4.28. The number of aldehydes is 1. The van der Waals surface area contributed by atoms with Crippen molar-refractivity contribution >= 4 is 6.29 Å². The summed E-state index contributed by atoms with van der Waals surface area (Å²) in [5, 5.41) is 0. The van der Waals surface area contributed by atoms with Crippen molar-refractivity contribution in [3.8, 4) is 16.9 Å². The van der Waals surface area contributed by atoms with Gasteiger partial charge in [-0.25, -0.2) is 4.39 Å². The summed E-state index contributed by atoms with van der Waals surface area (Å²) in [5.41, 5.74) is 2.77. The average molecular weight is 242 g/mol. The first-order valence-corrected chi connectivity index (χ1v) is 5.79. The number of benzene rings is 2. The number of hydrogen-bond acceptors (Lipinski definition) is 2. The molecule has 0 saturated carbocycles. The van der Waals surface area contributed by atoms with E-state index in [1.54, 1.807) is 12.1 Å². The van der Waals surface area contributed by atoms with E-state index in [4.69, 9.17) is 4.74 Å². The van der Waals surface area contributed by atoms with Crippen LogP contribution in [0.1, 0.15) is 15.9 Å². The molecule has 90 valence electrons. The lowest BCUT2D eigenvalue weighted by atomic mass is 10.0. The van der Waals surface area contributed by atoms with Crippen molar-refractivity contribution in [1.82, 2.24) is 0 Å². The minimum absolute atomic E-state index is 0.348. The molecule has 0 aliphatic carbocycles. The van der Waals surface area contributed by atoms with Crippen molar-refractivity contribution in [1.29, 1.82) is 0 Å². The number of fused-ring (bicyclic) bond motifs is 1. The molecule has 0 spiro atoms. The first-order valence-electron chi connectivity index (χ1n) is 5.79. The molecule has 0 bridgehead atoms. The van der Waals surface area contributed by atoms with Gasteiger partial charge in [0.25, 0.3) is 0 Å². The van der Waals surface area contributed by atoms with Gasteiger partial charge in [0.2, 0.25) is 0 Å². The lowest BCUT2D eigenvalue weighted by molar-refractivity contribution is 0.112. The lowest BCUT2D eigenvalue weighted by Crippen LogP contribution is -1.89. The molecule has 0 radical (unpaired) electrons. The standard InChI is InChI=1S/C15H11FO2/c16-14-7-10(9-17)1-3-13(14)11-2-4-15-12(8-11)5-6-18-15/h1-4,7-9H,5-6H2. The maximum Gasteiger partial charge on any atom is 0.150 e. The fourth-order valence-corrected chi connectivity index (χ4v) is 2.19. The van der Waals surface area contributed by atoms with Gasteiger partial charge >= 0.3 is 0 Å². The van der Waals surface area contributed by atoms with Crippen LogP contribution >= 0.6 is 0 Å². The molecule has 0 fully saturated rings. The molecule has 0 amide bonds. The van der Waals surface area contributed by atoms with Gasteiger partial charge in [-0.1, -0.05) is 18.2 Å². The van der Waals surface area contributed by atoms with E-state index in [-0.39, 0.29) is 5.82 Å². The van der Waals surface area contributed by atoms with Crippen LogP contribution in [0.4, 0.5) is 4.39 Å². The second-order valence-electron chi connectivity index (χ2n) is 4.28. The van der Waals surface area contributed by atoms with Crippen LogP contribution in [0.3, 0.4) is 0 Å². The number of ether oxygens (including phenoxy) is 1. The highest BCUT2D eigenvalue weighted by Gasteiger charge is 2.14. The summed E-state index contributed by atoms with van der Waals surface area (Å²) in [6.45, 7) is 0.686. The first kappa shape index (κ1) is 11.0. The summed E-state index contributed by atoms with van der Waals surface area (Å²) in [6, 6.07) is 10.2. The maximum absolute atomic E-state index is 13.9. The number of rotatable bonds is 2. The van der Waals surface area contributed by atoms with E-state index in [2.05, 4.69) is 0 Å². The quantitative estimate of drug-likeness (QED) is 0.756. The Kier molecular flexibility index (Phi) is 2.59. The van der Waals surface area contributed by atoms with E-state index in [9.17, 15) is 9.18 Å². The molecular weight excluding hydrogens is 231 g/mol. The molecule has 18 heavy (non-hydrogen) atoms. The number of halogens is 1. The number of carbonyl (C=O) groups excluding carboxylic acids is 1. The molecule has 3 rings (SSSR count). The third kappa shape index (κ3) is 1.78. The van der Waals surface area contributed by atoms with Crippen molar-refractivity contribution in [3.05, 3.63) is 53.3 Å². The topological polar surface area (TPSA) is 26.3 Å². The minimum Gasteiger partial charge on any atom is -0.493 e. The lowest BCUT2D eigenvalue weighted by Gasteiger charge is -2.06. The van der Waals surface area contributed by atoms with Crippen LogP contribution in [0.2, 0.25) is 0 Å². The summed E-state index contributed by atoms with van der Waals surface area (Å²) in [7, 11) is 0. The summed E-state index contributed by atoms with van der Waals surface area (Å²) in [6.07, 6.45) is 1.50. The zero-order chi connectivity index (χ0) is 12.5. The van der Waals surface area contributed by atoms with Crippen LogP contribution in [0.15, 0.2) is 36.4 Å². The van der Waals surface area contributed by atoms with Crippen molar-refractivity contribution in [2.75, 3.05) is 6.61 Å². The van der Waals surface area contributed by atoms with E-state index in [1.807, 2.05) is 18.2 Å². The van der Waals surface area contributed by atoms with Crippen LogP contribution in [0.5, 0.6) is 5.75 Å². The van der Waals surface area contributed by atoms with Gasteiger partial charge in [0.15, 0.2) is 0 Å². The summed E-state index contributed by atoms with van der Waals surface area (Å²) >= 11 is 0. The van der Waals surface area contributed by atoms with Crippen molar-refractivity contribution in [3.63, 3.8) is 0 Å². The predicted octanol–water partition coefficient (Wildman–Crippen LogP) is 3.24. The third-order valence-electron chi connectivity index (χ3n) is 3.13. The van der Waals surface area contributed by atoms with Gasteiger partial charge < -0.3 is 4.74 Å². The van der Waals surface area contributed by atoms with Gasteiger partial charge in [-0.15, -0.1) is 0 Å². The molecule has 1 heterocycles. The Labute approximate surface area is 104 Å². The Morgan fingerprint density at radius 3 is 2.83 bits per heavy atom. The van der Waals surface area contributed by atoms with E-state index in [0.717, 1.165) is 23.3 Å². The smallest absolute Gasteiger partial charge is 0.150 e. The Balaban J connectivity index is 2.07. The van der Waals surface area contributed by atoms with Gasteiger partial charge in [-0.2, -0.15) is 0 Å². The fraction of sp³-hybridized carbons (Fsp3) is 0.133. The Morgan fingerprint density at radius 1 is 1.17 bits per heavy atom. The molecule has 0 unspecified atom stereocenters. The highest BCUT2D eigenvalue weighted by atomic mass is 19.1. The third-order valence-corrected chi connectivity index (χ3v) is 3.13. The van der Waals surface area contributed by atoms with E-state index in [1.165, 1.54) is 6.07 Å². The Bertz CT molecular complexity index is 620. The summed E-state index contributed by atoms with van der Waals surface area (Å²) in [5.74, 6) is 0.502. The number of hydrogen-bond donors (Lipinski definition) is 0. The number of carbonyl (C=O) groups is 1. The molecule has 2 aromatic rings. The molecule has 0 saturated heterocycles. The van der Waals surface area contributed by atoms with E-state index >= 15 is 0 Å². The van der Waals surface area contributed by atoms with Gasteiger partial charge in [0, 0.05) is 17.5 Å². The van der Waals surface area contributed by atoms with Crippen LogP contribution in [-0.4, -0.2) is 12.9 Å². The molecule has 0 aromatic heterocycles. The molecule has 0 N–H and O–H groups in total. The average Bonchev–Trinajstić information content (AvgIpc) is 2.85. The van der Waals surface area contributed by atoms with Gasteiger partial charge in [-0.05, 0) is 29.3 Å². The summed E-state index contributed by atoms with van der Waals surface area (Å²) < 4.78 is 19.3. The molecule has 1 aliphatic rings. The zero-order valence-corrected chi connectivity index (χ0v) is 9.65. The van der Waals surface area contributed by atoms with E-state index < -0.39 is 0 Å². The molecule has 2 aromatic carbocycles. The maximum atomic E-state index is 13.9. The molecule has 2 nitrogen and oxygen atoms in total. The fourth-order valence-electron chi connectivity index (χ4n) is 2.19. The molecule has 0 atom stereocenters. The molecule has 1 aliphatic heterocycles. The van der Waals surface area contributed by atoms with Gasteiger partial charge in [0.1, 0.15) is 17.9 Å². The second kappa shape index (κ2) is 4.26. The Hall–Kier alpha value is -2.16. The zero-order valence-electron chi connectivity index (χ0n) is 9.65. The van der Waals surface area contributed by atoms with Crippen LogP contribution in [0, 0.1) is 5.82 Å². The Morgan fingerprint density at radius 2 is 2.06 bits per heavy atom. The van der Waals surface area contributed by atoms with Crippen molar-refractivity contribution in [2.45, 2.75) is 6.42 Å². The molecular formula is C15H11FO2. The normalized spacial score (nSPS) is 12.9. The van der Waals surface area contributed by atoms with Gasteiger partial charge in [-0.3, -0.25) is 4.79 Å². The summed E-state index contributed by atoms with van der Waals surface area (Å²) in [4.78, 5) is 10.6. The monoisotopic (exact) mass is 242 g/mol. The highest BCUT2D eigenvalue weighted by molar-refractivity contribution is 5.77. The predicted molar refractivity (Wildman–Crippen MR) is 66.4 cm³/mol. The van der Waals surface area contributed by atoms with Crippen molar-refractivity contribution < 1.29 is 13.9 Å². The van der Waals surface area contributed by atoms with Crippen LogP contribution in [-0.2, 0) is 6.42 Å².